The highest BCUT2D eigenvalue weighted by Crippen LogP contribution is 2.02. The summed E-state index contributed by atoms with van der Waals surface area (Å²) in [5, 5.41) is 11.2. The fraction of sp³-hybridized carbons (Fsp3) is 0.778. The van der Waals surface area contributed by atoms with Gasteiger partial charge in [-0.15, -0.1) is 0 Å². The molecule has 0 aromatic rings. The first-order chi connectivity index (χ1) is 6.40. The van der Waals surface area contributed by atoms with Crippen molar-refractivity contribution in [3.8, 4) is 0 Å². The van der Waals surface area contributed by atoms with Crippen LogP contribution >= 0.6 is 0 Å². The molecule has 0 heterocycles. The number of nitrogens with one attached hydrogen (secondary N) is 1. The first-order valence-electron chi connectivity index (χ1n) is 4.46. The lowest BCUT2D eigenvalue weighted by Gasteiger charge is -2.19. The lowest BCUT2D eigenvalue weighted by atomic mass is 10.0. The van der Waals surface area contributed by atoms with E-state index < -0.39 is 24.0 Å². The zero-order chi connectivity index (χ0) is 11.3. The molecule has 0 aliphatic heterocycles. The summed E-state index contributed by atoms with van der Waals surface area (Å²) in [5.41, 5.74) is 0. The van der Waals surface area contributed by atoms with E-state index in [-0.39, 0.29) is 5.92 Å². The molecule has 5 nitrogen and oxygen atoms in total. The number of methoxy groups -OCH3 is 1. The quantitative estimate of drug-likeness (QED) is 0.671. The fourth-order valence-electron chi connectivity index (χ4n) is 0.891. The first kappa shape index (κ1) is 12.9. The normalized spacial score (nSPS) is 14.9. The molecule has 1 unspecified atom stereocenters. The highest BCUT2D eigenvalue weighted by Gasteiger charge is 2.25. The van der Waals surface area contributed by atoms with Crippen LogP contribution in [0.3, 0.4) is 0 Å². The molecule has 82 valence electrons. The number of carboxylic acids is 1. The molecule has 0 aromatic heterocycles. The summed E-state index contributed by atoms with van der Waals surface area (Å²) >= 11 is 0. The zero-order valence-electron chi connectivity index (χ0n) is 8.90. The average molecular weight is 203 g/mol. The van der Waals surface area contributed by atoms with Gasteiger partial charge in [-0.1, -0.05) is 13.8 Å². The lowest BCUT2D eigenvalue weighted by Crippen LogP contribution is -2.47. The van der Waals surface area contributed by atoms with Crippen molar-refractivity contribution in [2.45, 2.75) is 32.9 Å². The van der Waals surface area contributed by atoms with E-state index in [0.29, 0.717) is 0 Å². The van der Waals surface area contributed by atoms with E-state index in [1.807, 2.05) is 0 Å². The highest BCUT2D eigenvalue weighted by atomic mass is 16.5. The molecule has 0 radical (unpaired) electrons. The smallest absolute Gasteiger partial charge is 0.326 e. The summed E-state index contributed by atoms with van der Waals surface area (Å²) in [4.78, 5) is 22.0. The SMILES string of the molecule is COC(C)C(=O)N[C@@H](C(=O)O)C(C)C. The molecule has 0 aliphatic carbocycles. The molecule has 0 aromatic carbocycles. The maximum absolute atomic E-state index is 11.3. The van der Waals surface area contributed by atoms with E-state index in [1.165, 1.54) is 7.11 Å². The second-order valence-electron chi connectivity index (χ2n) is 3.45. The predicted octanol–water partition coefficient (Wildman–Crippen LogP) is 0.247. The fourth-order valence-corrected chi connectivity index (χ4v) is 0.891. The summed E-state index contributed by atoms with van der Waals surface area (Å²) in [7, 11) is 1.40. The van der Waals surface area contributed by atoms with Crippen molar-refractivity contribution < 1.29 is 19.4 Å². The number of carbonyl (C=O) groups excluding carboxylic acids is 1. The third kappa shape index (κ3) is 3.74. The van der Waals surface area contributed by atoms with Crippen LogP contribution in [-0.2, 0) is 14.3 Å². The Hall–Kier alpha value is -1.10. The summed E-state index contributed by atoms with van der Waals surface area (Å²) in [6.45, 7) is 5.03. The van der Waals surface area contributed by atoms with Crippen molar-refractivity contribution in [2.75, 3.05) is 7.11 Å². The van der Waals surface area contributed by atoms with Gasteiger partial charge >= 0.3 is 5.97 Å². The largest absolute Gasteiger partial charge is 0.480 e. The minimum absolute atomic E-state index is 0.152. The van der Waals surface area contributed by atoms with Crippen LogP contribution in [0.25, 0.3) is 0 Å². The lowest BCUT2D eigenvalue weighted by molar-refractivity contribution is -0.144. The van der Waals surface area contributed by atoms with E-state index >= 15 is 0 Å². The molecule has 0 saturated heterocycles. The van der Waals surface area contributed by atoms with Gasteiger partial charge in [0.15, 0.2) is 0 Å². The standard InChI is InChI=1S/C9H17NO4/c1-5(2)7(9(12)13)10-8(11)6(3)14-4/h5-7H,1-4H3,(H,10,11)(H,12,13)/t6?,7-/m1/s1. The van der Waals surface area contributed by atoms with Gasteiger partial charge in [-0.3, -0.25) is 4.79 Å². The second-order valence-corrected chi connectivity index (χ2v) is 3.45. The van der Waals surface area contributed by atoms with Crippen molar-refractivity contribution in [3.63, 3.8) is 0 Å². The van der Waals surface area contributed by atoms with Gasteiger partial charge < -0.3 is 15.2 Å². The second kappa shape index (κ2) is 5.59. The number of aliphatic carboxylic acids is 1. The van der Waals surface area contributed by atoms with Gasteiger partial charge in [0, 0.05) is 7.11 Å². The van der Waals surface area contributed by atoms with Crippen LogP contribution in [0.2, 0.25) is 0 Å². The molecular formula is C9H17NO4. The monoisotopic (exact) mass is 203 g/mol. The number of ether oxygens (including phenoxy) is 1. The van der Waals surface area contributed by atoms with Gasteiger partial charge in [0.2, 0.25) is 5.91 Å². The van der Waals surface area contributed by atoms with E-state index in [2.05, 4.69) is 5.32 Å². The van der Waals surface area contributed by atoms with Crippen molar-refractivity contribution in [3.05, 3.63) is 0 Å². The van der Waals surface area contributed by atoms with Crippen molar-refractivity contribution in [1.29, 1.82) is 0 Å². The number of carboxylic acid groups (broad SMARTS) is 1. The minimum Gasteiger partial charge on any atom is -0.480 e. The van der Waals surface area contributed by atoms with Crippen LogP contribution in [0, 0.1) is 5.92 Å². The van der Waals surface area contributed by atoms with Crippen LogP contribution in [-0.4, -0.2) is 36.2 Å². The van der Waals surface area contributed by atoms with E-state index in [9.17, 15) is 9.59 Å². The third-order valence-electron chi connectivity index (χ3n) is 1.95. The van der Waals surface area contributed by atoms with Gasteiger partial charge in [0.25, 0.3) is 0 Å². The number of rotatable bonds is 5. The molecule has 0 bridgehead atoms. The molecule has 2 atom stereocenters. The van der Waals surface area contributed by atoms with Crippen molar-refractivity contribution >= 4 is 11.9 Å². The highest BCUT2D eigenvalue weighted by molar-refractivity contribution is 5.86. The number of hydrogen-bond acceptors (Lipinski definition) is 3. The van der Waals surface area contributed by atoms with Crippen molar-refractivity contribution in [2.24, 2.45) is 5.92 Å². The molecule has 0 saturated carbocycles. The molecule has 2 N–H and O–H groups in total. The Morgan fingerprint density at radius 1 is 1.29 bits per heavy atom. The van der Waals surface area contributed by atoms with E-state index in [1.54, 1.807) is 20.8 Å². The van der Waals surface area contributed by atoms with Gasteiger partial charge in [0.1, 0.15) is 12.1 Å². The molecule has 14 heavy (non-hydrogen) atoms. The van der Waals surface area contributed by atoms with Gasteiger partial charge in [0.05, 0.1) is 0 Å². The predicted molar refractivity (Wildman–Crippen MR) is 50.9 cm³/mol. The topological polar surface area (TPSA) is 75.6 Å². The molecular weight excluding hydrogens is 186 g/mol. The Balaban J connectivity index is 4.31. The molecule has 0 spiro atoms. The first-order valence-corrected chi connectivity index (χ1v) is 4.46. The number of carbonyl (C=O) groups is 2. The van der Waals surface area contributed by atoms with Crippen LogP contribution in [0.1, 0.15) is 20.8 Å². The van der Waals surface area contributed by atoms with Gasteiger partial charge in [-0.05, 0) is 12.8 Å². The number of amides is 1. The summed E-state index contributed by atoms with van der Waals surface area (Å²) in [6, 6.07) is -0.861. The Labute approximate surface area is 83.4 Å². The minimum atomic E-state index is -1.03. The Kier molecular flexibility index (Phi) is 5.15. The van der Waals surface area contributed by atoms with Crippen LogP contribution in [0.4, 0.5) is 0 Å². The zero-order valence-corrected chi connectivity index (χ0v) is 8.90. The Bertz CT molecular complexity index is 215. The van der Waals surface area contributed by atoms with Crippen LogP contribution < -0.4 is 5.32 Å². The van der Waals surface area contributed by atoms with Gasteiger partial charge in [-0.25, -0.2) is 4.79 Å². The average Bonchev–Trinajstić information content (AvgIpc) is 2.11. The van der Waals surface area contributed by atoms with Crippen LogP contribution in [0.5, 0.6) is 0 Å². The molecule has 5 heteroatoms. The maximum atomic E-state index is 11.3. The molecule has 0 fully saturated rings. The maximum Gasteiger partial charge on any atom is 0.326 e. The van der Waals surface area contributed by atoms with E-state index in [0.717, 1.165) is 0 Å². The summed E-state index contributed by atoms with van der Waals surface area (Å²) in [6.07, 6.45) is -0.629. The number of hydrogen-bond donors (Lipinski definition) is 2. The Morgan fingerprint density at radius 3 is 2.07 bits per heavy atom. The summed E-state index contributed by atoms with van der Waals surface area (Å²) < 4.78 is 4.77. The van der Waals surface area contributed by atoms with E-state index in [4.69, 9.17) is 9.84 Å². The van der Waals surface area contributed by atoms with Gasteiger partial charge in [-0.2, -0.15) is 0 Å². The summed E-state index contributed by atoms with van der Waals surface area (Å²) in [5.74, 6) is -1.59. The third-order valence-corrected chi connectivity index (χ3v) is 1.95. The van der Waals surface area contributed by atoms with Crippen molar-refractivity contribution in [1.82, 2.24) is 5.32 Å². The van der Waals surface area contributed by atoms with Crippen LogP contribution in [0.15, 0.2) is 0 Å². The molecule has 1 amide bonds. The molecule has 0 rings (SSSR count). The molecule has 0 aliphatic rings. The Morgan fingerprint density at radius 2 is 1.79 bits per heavy atom.